The Labute approximate surface area is 130 Å². The summed E-state index contributed by atoms with van der Waals surface area (Å²) in [4.78, 5) is 0. The number of rotatable bonds is 6. The third kappa shape index (κ3) is 3.20. The summed E-state index contributed by atoms with van der Waals surface area (Å²) in [5.74, 6) is 5.72. The highest BCUT2D eigenvalue weighted by molar-refractivity contribution is 6.31. The maximum atomic E-state index is 6.45. The summed E-state index contributed by atoms with van der Waals surface area (Å²) in [5, 5.41) is 5.27. The summed E-state index contributed by atoms with van der Waals surface area (Å²) in [7, 11) is 0. The molecule has 0 spiro atoms. The molecule has 0 saturated carbocycles. The van der Waals surface area contributed by atoms with Crippen LogP contribution in [-0.2, 0) is 19.4 Å². The second-order valence-corrected chi connectivity index (χ2v) is 5.31. The zero-order valence-electron chi connectivity index (χ0n) is 12.4. The molecule has 0 radical (unpaired) electrons. The minimum Gasteiger partial charge on any atom is -0.398 e. The van der Waals surface area contributed by atoms with E-state index in [1.54, 1.807) is 0 Å². The van der Waals surface area contributed by atoms with Crippen molar-refractivity contribution in [2.24, 2.45) is 5.84 Å². The van der Waals surface area contributed by atoms with Gasteiger partial charge < -0.3 is 5.73 Å². The van der Waals surface area contributed by atoms with Crippen molar-refractivity contribution in [2.45, 2.75) is 39.3 Å². The van der Waals surface area contributed by atoms with Crippen LogP contribution < -0.4 is 17.0 Å². The first-order valence-corrected chi connectivity index (χ1v) is 7.54. The van der Waals surface area contributed by atoms with E-state index in [-0.39, 0.29) is 6.04 Å². The van der Waals surface area contributed by atoms with Gasteiger partial charge in [-0.25, -0.2) is 0 Å². The van der Waals surface area contributed by atoms with Gasteiger partial charge in [0.1, 0.15) is 0 Å². The van der Waals surface area contributed by atoms with Gasteiger partial charge in [-0.3, -0.25) is 16.0 Å². The molecule has 2 rings (SSSR count). The fourth-order valence-electron chi connectivity index (χ4n) is 2.49. The fourth-order valence-corrected chi connectivity index (χ4v) is 2.84. The molecule has 1 aromatic carbocycles. The fraction of sp³-hybridized carbons (Fsp3) is 0.400. The second kappa shape index (κ2) is 6.93. The van der Waals surface area contributed by atoms with Gasteiger partial charge in [0.15, 0.2) is 0 Å². The first-order chi connectivity index (χ1) is 10.1. The lowest BCUT2D eigenvalue weighted by molar-refractivity contribution is 0.518. The molecular weight excluding hydrogens is 286 g/mol. The van der Waals surface area contributed by atoms with Gasteiger partial charge >= 0.3 is 0 Å². The van der Waals surface area contributed by atoms with Crippen molar-refractivity contribution >= 4 is 17.3 Å². The van der Waals surface area contributed by atoms with E-state index in [9.17, 15) is 0 Å². The zero-order chi connectivity index (χ0) is 15.4. The van der Waals surface area contributed by atoms with Gasteiger partial charge in [0.2, 0.25) is 0 Å². The van der Waals surface area contributed by atoms with Crippen molar-refractivity contribution in [2.75, 3.05) is 5.73 Å². The molecule has 5 nitrogen and oxygen atoms in total. The predicted octanol–water partition coefficient (Wildman–Crippen LogP) is 2.45. The SMILES string of the molecule is CCc1nn(CC)c(CC(NN)c2ccccc2N)c1Cl. The molecule has 0 aliphatic carbocycles. The molecule has 1 unspecified atom stereocenters. The number of nitrogens with one attached hydrogen (secondary N) is 1. The summed E-state index contributed by atoms with van der Waals surface area (Å²) >= 11 is 6.45. The number of para-hydroxylation sites is 1. The number of nitrogen functional groups attached to an aromatic ring is 1. The normalized spacial score (nSPS) is 12.6. The molecule has 1 aromatic heterocycles. The van der Waals surface area contributed by atoms with Crippen LogP contribution in [0.1, 0.15) is 36.8 Å². The van der Waals surface area contributed by atoms with E-state index in [2.05, 4.69) is 10.5 Å². The molecule has 21 heavy (non-hydrogen) atoms. The lowest BCUT2D eigenvalue weighted by atomic mass is 10.0. The van der Waals surface area contributed by atoms with Crippen LogP contribution in [0, 0.1) is 0 Å². The van der Waals surface area contributed by atoms with Crippen LogP contribution in [0.5, 0.6) is 0 Å². The van der Waals surface area contributed by atoms with E-state index >= 15 is 0 Å². The van der Waals surface area contributed by atoms with E-state index in [0.29, 0.717) is 6.42 Å². The molecule has 0 aliphatic rings. The van der Waals surface area contributed by atoms with Gasteiger partial charge in [0, 0.05) is 18.7 Å². The van der Waals surface area contributed by atoms with Crippen LogP contribution in [0.15, 0.2) is 24.3 Å². The number of hydrogen-bond donors (Lipinski definition) is 3. The minimum atomic E-state index is -0.101. The van der Waals surface area contributed by atoms with Crippen molar-refractivity contribution in [1.29, 1.82) is 0 Å². The predicted molar refractivity (Wildman–Crippen MR) is 86.9 cm³/mol. The first kappa shape index (κ1) is 15.8. The summed E-state index contributed by atoms with van der Waals surface area (Å²) < 4.78 is 1.94. The molecule has 5 N–H and O–H groups in total. The molecule has 0 amide bonds. The van der Waals surface area contributed by atoms with Gasteiger partial charge in [-0.1, -0.05) is 36.7 Å². The van der Waals surface area contributed by atoms with Crippen molar-refractivity contribution < 1.29 is 0 Å². The number of hydrogen-bond acceptors (Lipinski definition) is 4. The maximum absolute atomic E-state index is 6.45. The molecule has 0 fully saturated rings. The Morgan fingerprint density at radius 1 is 1.33 bits per heavy atom. The molecule has 0 aliphatic heterocycles. The van der Waals surface area contributed by atoms with Gasteiger partial charge in [-0.05, 0) is 25.0 Å². The van der Waals surface area contributed by atoms with E-state index in [4.69, 9.17) is 23.2 Å². The highest BCUT2D eigenvalue weighted by Crippen LogP contribution is 2.28. The minimum absolute atomic E-state index is 0.101. The first-order valence-electron chi connectivity index (χ1n) is 7.16. The van der Waals surface area contributed by atoms with Crippen LogP contribution in [0.25, 0.3) is 0 Å². The molecular formula is C15H22ClN5. The molecule has 114 valence electrons. The molecule has 0 bridgehead atoms. The van der Waals surface area contributed by atoms with Crippen LogP contribution in [0.3, 0.4) is 0 Å². The average Bonchev–Trinajstić information content (AvgIpc) is 2.81. The number of nitrogens with zero attached hydrogens (tertiary/aromatic N) is 2. The van der Waals surface area contributed by atoms with Crippen LogP contribution in [0.4, 0.5) is 5.69 Å². The van der Waals surface area contributed by atoms with E-state index in [1.165, 1.54) is 0 Å². The third-order valence-electron chi connectivity index (χ3n) is 3.66. The van der Waals surface area contributed by atoms with Crippen molar-refractivity contribution in [3.8, 4) is 0 Å². The van der Waals surface area contributed by atoms with Crippen molar-refractivity contribution in [3.05, 3.63) is 46.2 Å². The maximum Gasteiger partial charge on any atom is 0.0850 e. The Balaban J connectivity index is 2.35. The lowest BCUT2D eigenvalue weighted by Crippen LogP contribution is -2.31. The molecule has 0 saturated heterocycles. The summed E-state index contributed by atoms with van der Waals surface area (Å²) in [6, 6.07) is 7.60. The zero-order valence-corrected chi connectivity index (χ0v) is 13.2. The monoisotopic (exact) mass is 307 g/mol. The molecule has 6 heteroatoms. The smallest absolute Gasteiger partial charge is 0.0850 e. The van der Waals surface area contributed by atoms with Gasteiger partial charge in [-0.15, -0.1) is 0 Å². The number of nitrogens with two attached hydrogens (primary N) is 2. The van der Waals surface area contributed by atoms with Crippen molar-refractivity contribution in [3.63, 3.8) is 0 Å². The lowest BCUT2D eigenvalue weighted by Gasteiger charge is -2.19. The Hall–Kier alpha value is -1.56. The number of halogens is 1. The number of benzene rings is 1. The second-order valence-electron chi connectivity index (χ2n) is 4.93. The molecule has 1 heterocycles. The van der Waals surface area contributed by atoms with Crippen LogP contribution in [0.2, 0.25) is 5.02 Å². The van der Waals surface area contributed by atoms with E-state index in [1.807, 2.05) is 42.8 Å². The van der Waals surface area contributed by atoms with E-state index < -0.39 is 0 Å². The molecule has 1 atom stereocenters. The van der Waals surface area contributed by atoms with Crippen molar-refractivity contribution in [1.82, 2.24) is 15.2 Å². The Kier molecular flexibility index (Phi) is 5.22. The number of aromatic nitrogens is 2. The van der Waals surface area contributed by atoms with Crippen LogP contribution in [-0.4, -0.2) is 9.78 Å². The van der Waals surface area contributed by atoms with Gasteiger partial charge in [0.25, 0.3) is 0 Å². The largest absolute Gasteiger partial charge is 0.398 e. The average molecular weight is 308 g/mol. The van der Waals surface area contributed by atoms with Gasteiger partial charge in [0.05, 0.1) is 22.5 Å². The summed E-state index contributed by atoms with van der Waals surface area (Å²) in [5.41, 5.74) is 12.5. The number of aryl methyl sites for hydroxylation is 2. The Morgan fingerprint density at radius 2 is 2.05 bits per heavy atom. The highest BCUT2D eigenvalue weighted by Gasteiger charge is 2.20. The molecule has 2 aromatic rings. The number of hydrazine groups is 1. The standard InChI is InChI=1S/C15H22ClN5/c1-3-12-15(16)14(21(4-2)20-12)9-13(19-18)10-7-5-6-8-11(10)17/h5-8,13,19H,3-4,9,17-18H2,1-2H3. The number of anilines is 1. The highest BCUT2D eigenvalue weighted by atomic mass is 35.5. The summed E-state index contributed by atoms with van der Waals surface area (Å²) in [6.07, 6.45) is 1.46. The Morgan fingerprint density at radius 3 is 2.62 bits per heavy atom. The third-order valence-corrected chi connectivity index (χ3v) is 4.10. The van der Waals surface area contributed by atoms with Crippen LogP contribution >= 0.6 is 11.6 Å². The quantitative estimate of drug-likeness (QED) is 0.435. The summed E-state index contributed by atoms with van der Waals surface area (Å²) in [6.45, 7) is 4.87. The Bertz CT molecular complexity index is 608. The topological polar surface area (TPSA) is 81.9 Å². The van der Waals surface area contributed by atoms with E-state index in [0.717, 1.165) is 40.6 Å². The van der Waals surface area contributed by atoms with Gasteiger partial charge in [-0.2, -0.15) is 5.10 Å².